The Bertz CT molecular complexity index is 1130. The summed E-state index contributed by atoms with van der Waals surface area (Å²) >= 11 is 1.33. The van der Waals surface area contributed by atoms with E-state index in [9.17, 15) is 14.4 Å². The second kappa shape index (κ2) is 9.74. The van der Waals surface area contributed by atoms with Gasteiger partial charge in [0.2, 0.25) is 5.91 Å². The SMILES string of the molecule is C[C@H](OC(=O)Cc1csc(N2CCCC2=O)n1)C(=O)Nc1ccccc1-c1ccccc1. The van der Waals surface area contributed by atoms with Crippen molar-refractivity contribution < 1.29 is 19.1 Å². The van der Waals surface area contributed by atoms with E-state index in [-0.39, 0.29) is 12.3 Å². The number of benzene rings is 2. The molecule has 0 radical (unpaired) electrons. The summed E-state index contributed by atoms with van der Waals surface area (Å²) < 4.78 is 5.32. The zero-order valence-electron chi connectivity index (χ0n) is 17.6. The Morgan fingerprint density at radius 3 is 2.66 bits per heavy atom. The summed E-state index contributed by atoms with van der Waals surface area (Å²) in [6.07, 6.45) is 0.313. The fourth-order valence-corrected chi connectivity index (χ4v) is 4.36. The van der Waals surface area contributed by atoms with Gasteiger partial charge in [-0.2, -0.15) is 0 Å². The average molecular weight is 450 g/mol. The normalized spacial score (nSPS) is 14.3. The number of esters is 1. The van der Waals surface area contributed by atoms with Gasteiger partial charge in [0, 0.05) is 29.6 Å². The van der Waals surface area contributed by atoms with Gasteiger partial charge in [0.1, 0.15) is 0 Å². The summed E-state index contributed by atoms with van der Waals surface area (Å²) in [6.45, 7) is 2.19. The van der Waals surface area contributed by atoms with Gasteiger partial charge in [-0.25, -0.2) is 4.98 Å². The summed E-state index contributed by atoms with van der Waals surface area (Å²) in [6, 6.07) is 17.2. The third-order valence-corrected chi connectivity index (χ3v) is 6.03. The first kappa shape index (κ1) is 21.7. The highest BCUT2D eigenvalue weighted by molar-refractivity contribution is 7.14. The van der Waals surface area contributed by atoms with E-state index >= 15 is 0 Å². The number of carbonyl (C=O) groups is 3. The standard InChI is InChI=1S/C24H23N3O4S/c1-16(23(30)26-20-11-6-5-10-19(20)17-8-3-2-4-9-17)31-22(29)14-18-15-32-24(25-18)27-13-7-12-21(27)28/h2-6,8-11,15-16H,7,12-14H2,1H3,(H,26,30)/t16-/m0/s1. The van der Waals surface area contributed by atoms with Crippen molar-refractivity contribution in [3.8, 4) is 11.1 Å². The van der Waals surface area contributed by atoms with Crippen LogP contribution in [0.3, 0.4) is 0 Å². The van der Waals surface area contributed by atoms with Crippen LogP contribution in [-0.2, 0) is 25.5 Å². The second-order valence-electron chi connectivity index (χ2n) is 7.48. The molecule has 1 aliphatic heterocycles. The predicted molar refractivity (Wildman–Crippen MR) is 123 cm³/mol. The van der Waals surface area contributed by atoms with Crippen LogP contribution in [-0.4, -0.2) is 35.4 Å². The van der Waals surface area contributed by atoms with E-state index in [2.05, 4.69) is 10.3 Å². The minimum absolute atomic E-state index is 0.0505. The van der Waals surface area contributed by atoms with Gasteiger partial charge < -0.3 is 10.1 Å². The van der Waals surface area contributed by atoms with Crippen LogP contribution in [0.2, 0.25) is 0 Å². The van der Waals surface area contributed by atoms with Crippen LogP contribution in [0.5, 0.6) is 0 Å². The van der Waals surface area contributed by atoms with Gasteiger partial charge >= 0.3 is 5.97 Å². The molecule has 2 amide bonds. The summed E-state index contributed by atoms with van der Waals surface area (Å²) in [5.41, 5.74) is 3.03. The van der Waals surface area contributed by atoms with Crippen molar-refractivity contribution in [3.05, 3.63) is 65.7 Å². The number of carbonyl (C=O) groups excluding carboxylic acids is 3. The molecule has 1 atom stereocenters. The van der Waals surface area contributed by atoms with Gasteiger partial charge in [-0.3, -0.25) is 19.3 Å². The molecule has 1 aromatic heterocycles. The average Bonchev–Trinajstić information content (AvgIpc) is 3.43. The van der Waals surface area contributed by atoms with Crippen molar-refractivity contribution >= 4 is 39.9 Å². The van der Waals surface area contributed by atoms with Crippen molar-refractivity contribution in [2.75, 3.05) is 16.8 Å². The molecule has 0 bridgehead atoms. The summed E-state index contributed by atoms with van der Waals surface area (Å²) in [5.74, 6) is -0.911. The van der Waals surface area contributed by atoms with Crippen LogP contribution in [0, 0.1) is 0 Å². The Morgan fingerprint density at radius 1 is 1.16 bits per heavy atom. The largest absolute Gasteiger partial charge is 0.452 e. The molecule has 1 N–H and O–H groups in total. The number of nitrogens with zero attached hydrogens (tertiary/aromatic N) is 2. The first-order chi connectivity index (χ1) is 15.5. The van der Waals surface area contributed by atoms with E-state index in [4.69, 9.17) is 4.74 Å². The maximum Gasteiger partial charge on any atom is 0.312 e. The monoisotopic (exact) mass is 449 g/mol. The minimum atomic E-state index is -0.968. The van der Waals surface area contributed by atoms with Crippen LogP contribution in [0.4, 0.5) is 10.8 Å². The van der Waals surface area contributed by atoms with E-state index < -0.39 is 18.0 Å². The number of amides is 2. The zero-order chi connectivity index (χ0) is 22.5. The molecule has 7 nitrogen and oxygen atoms in total. The number of nitrogens with one attached hydrogen (secondary N) is 1. The number of aromatic nitrogens is 1. The second-order valence-corrected chi connectivity index (χ2v) is 8.32. The van der Waals surface area contributed by atoms with Crippen LogP contribution in [0.1, 0.15) is 25.5 Å². The Hall–Kier alpha value is -3.52. The van der Waals surface area contributed by atoms with Gasteiger partial charge in [0.05, 0.1) is 12.1 Å². The third-order valence-electron chi connectivity index (χ3n) is 5.12. The Labute approximate surface area is 190 Å². The highest BCUT2D eigenvalue weighted by atomic mass is 32.1. The first-order valence-electron chi connectivity index (χ1n) is 10.4. The van der Waals surface area contributed by atoms with Crippen molar-refractivity contribution in [2.24, 2.45) is 0 Å². The molecule has 0 unspecified atom stereocenters. The van der Waals surface area contributed by atoms with Crippen molar-refractivity contribution in [1.82, 2.24) is 4.98 Å². The number of hydrogen-bond donors (Lipinski definition) is 1. The number of para-hydroxylation sites is 1. The lowest BCUT2D eigenvalue weighted by Gasteiger charge is -2.15. The van der Waals surface area contributed by atoms with E-state index in [0.29, 0.717) is 29.5 Å². The number of anilines is 2. The maximum atomic E-state index is 12.7. The molecule has 0 spiro atoms. The lowest BCUT2D eigenvalue weighted by Crippen LogP contribution is -2.30. The fourth-order valence-electron chi connectivity index (χ4n) is 3.49. The van der Waals surface area contributed by atoms with Crippen molar-refractivity contribution in [1.29, 1.82) is 0 Å². The smallest absolute Gasteiger partial charge is 0.312 e. The van der Waals surface area contributed by atoms with Crippen LogP contribution >= 0.6 is 11.3 Å². The minimum Gasteiger partial charge on any atom is -0.452 e. The summed E-state index contributed by atoms with van der Waals surface area (Å²) in [4.78, 5) is 42.9. The van der Waals surface area contributed by atoms with E-state index in [1.807, 2.05) is 54.6 Å². The molecule has 8 heteroatoms. The molecule has 2 heterocycles. The van der Waals surface area contributed by atoms with Gasteiger partial charge in [-0.05, 0) is 25.0 Å². The van der Waals surface area contributed by atoms with Crippen LogP contribution in [0.25, 0.3) is 11.1 Å². The number of hydrogen-bond acceptors (Lipinski definition) is 6. The maximum absolute atomic E-state index is 12.7. The van der Waals surface area contributed by atoms with Gasteiger partial charge in [0.25, 0.3) is 5.91 Å². The molecule has 1 fully saturated rings. The summed E-state index contributed by atoms with van der Waals surface area (Å²) in [5, 5.41) is 5.19. The van der Waals surface area contributed by atoms with Crippen LogP contribution < -0.4 is 10.2 Å². The van der Waals surface area contributed by atoms with Crippen LogP contribution in [0.15, 0.2) is 60.0 Å². The molecular formula is C24H23N3O4S. The fraction of sp³-hybridized carbons (Fsp3) is 0.250. The van der Waals surface area contributed by atoms with Crippen molar-refractivity contribution in [3.63, 3.8) is 0 Å². The lowest BCUT2D eigenvalue weighted by molar-refractivity contribution is -0.152. The first-order valence-corrected chi connectivity index (χ1v) is 11.3. The highest BCUT2D eigenvalue weighted by Gasteiger charge is 2.25. The Kier molecular flexibility index (Phi) is 6.61. The molecule has 3 aromatic rings. The Morgan fingerprint density at radius 2 is 1.91 bits per heavy atom. The Balaban J connectivity index is 1.35. The predicted octanol–water partition coefficient (Wildman–Crippen LogP) is 4.05. The molecule has 0 aliphatic carbocycles. The van der Waals surface area contributed by atoms with Crippen molar-refractivity contribution in [2.45, 2.75) is 32.3 Å². The lowest BCUT2D eigenvalue weighted by atomic mass is 10.0. The van der Waals surface area contributed by atoms with Gasteiger partial charge in [-0.1, -0.05) is 48.5 Å². The number of ether oxygens (including phenoxy) is 1. The summed E-state index contributed by atoms with van der Waals surface area (Å²) in [7, 11) is 0. The molecule has 1 aliphatic rings. The third kappa shape index (κ3) is 5.03. The van der Waals surface area contributed by atoms with E-state index in [1.165, 1.54) is 18.3 Å². The molecule has 1 saturated heterocycles. The topological polar surface area (TPSA) is 88.6 Å². The molecular weight excluding hydrogens is 426 g/mol. The van der Waals surface area contributed by atoms with E-state index in [0.717, 1.165) is 17.5 Å². The highest BCUT2D eigenvalue weighted by Crippen LogP contribution is 2.28. The molecule has 2 aromatic carbocycles. The van der Waals surface area contributed by atoms with Gasteiger partial charge in [-0.15, -0.1) is 11.3 Å². The molecule has 4 rings (SSSR count). The molecule has 164 valence electrons. The molecule has 32 heavy (non-hydrogen) atoms. The quantitative estimate of drug-likeness (QED) is 0.550. The molecule has 0 saturated carbocycles. The number of thiazole rings is 1. The zero-order valence-corrected chi connectivity index (χ0v) is 18.4. The number of rotatable bonds is 7. The van der Waals surface area contributed by atoms with E-state index in [1.54, 1.807) is 10.3 Å². The van der Waals surface area contributed by atoms with Gasteiger partial charge in [0.15, 0.2) is 11.2 Å².